The SMILES string of the molecule is O=C(NCCCn1nc(C(F)(F)F)c(Cl)c1C1CC1)c1ccn(COc2cccc(C(F)(F)F)c2)n1. The Morgan fingerprint density at radius 2 is 1.86 bits per heavy atom. The predicted molar refractivity (Wildman–Crippen MR) is 115 cm³/mol. The van der Waals surface area contributed by atoms with Gasteiger partial charge in [-0.1, -0.05) is 17.7 Å². The van der Waals surface area contributed by atoms with Crippen LogP contribution in [0.5, 0.6) is 5.75 Å². The zero-order valence-electron chi connectivity index (χ0n) is 18.5. The number of benzene rings is 1. The van der Waals surface area contributed by atoms with Crippen molar-refractivity contribution in [1.29, 1.82) is 0 Å². The number of ether oxygens (including phenoxy) is 1. The lowest BCUT2D eigenvalue weighted by atomic mass is 10.2. The first-order chi connectivity index (χ1) is 16.9. The van der Waals surface area contributed by atoms with E-state index in [0.29, 0.717) is 12.1 Å². The summed E-state index contributed by atoms with van der Waals surface area (Å²) < 4.78 is 85.6. The molecule has 0 unspecified atom stereocenters. The van der Waals surface area contributed by atoms with Crippen LogP contribution < -0.4 is 10.1 Å². The van der Waals surface area contributed by atoms with Gasteiger partial charge in [0.15, 0.2) is 12.4 Å². The molecule has 0 bridgehead atoms. The molecule has 1 saturated carbocycles. The monoisotopic (exact) mass is 535 g/mol. The topological polar surface area (TPSA) is 74.0 Å². The van der Waals surface area contributed by atoms with Gasteiger partial charge >= 0.3 is 12.4 Å². The lowest BCUT2D eigenvalue weighted by Gasteiger charge is -2.10. The molecule has 2 aromatic heterocycles. The second-order valence-electron chi connectivity index (χ2n) is 8.19. The number of nitrogens with one attached hydrogen (secondary N) is 1. The number of hydrogen-bond donors (Lipinski definition) is 1. The Bertz CT molecular complexity index is 1230. The van der Waals surface area contributed by atoms with Crippen molar-refractivity contribution in [2.45, 2.75) is 50.8 Å². The predicted octanol–water partition coefficient (Wildman–Crippen LogP) is 5.50. The third-order valence-electron chi connectivity index (χ3n) is 5.39. The van der Waals surface area contributed by atoms with Gasteiger partial charge in [-0.3, -0.25) is 9.48 Å². The lowest BCUT2D eigenvalue weighted by molar-refractivity contribution is -0.141. The molecule has 194 valence electrons. The molecule has 2 heterocycles. The zero-order valence-corrected chi connectivity index (χ0v) is 19.3. The van der Waals surface area contributed by atoms with E-state index >= 15 is 0 Å². The maximum atomic E-state index is 13.1. The minimum absolute atomic E-state index is 0.00991. The Kier molecular flexibility index (Phi) is 7.21. The number of alkyl halides is 6. The number of amides is 1. The third kappa shape index (κ3) is 6.12. The minimum Gasteiger partial charge on any atom is -0.471 e. The molecule has 1 aliphatic rings. The van der Waals surface area contributed by atoms with E-state index in [1.54, 1.807) is 0 Å². The van der Waals surface area contributed by atoms with Gasteiger partial charge < -0.3 is 10.1 Å². The summed E-state index contributed by atoms with van der Waals surface area (Å²) in [5.41, 5.74) is -1.54. The van der Waals surface area contributed by atoms with Crippen LogP contribution in [0.2, 0.25) is 5.02 Å². The average Bonchev–Trinajstić information content (AvgIpc) is 3.41. The Balaban J connectivity index is 1.27. The normalized spacial score (nSPS) is 14.2. The molecule has 1 N–H and O–H groups in total. The Hall–Kier alpha value is -3.22. The summed E-state index contributed by atoms with van der Waals surface area (Å²) in [5.74, 6) is -0.577. The highest BCUT2D eigenvalue weighted by Gasteiger charge is 2.42. The van der Waals surface area contributed by atoms with Crippen molar-refractivity contribution in [2.24, 2.45) is 0 Å². The van der Waals surface area contributed by atoms with Crippen molar-refractivity contribution in [2.75, 3.05) is 6.54 Å². The molecule has 1 aromatic carbocycles. The average molecular weight is 536 g/mol. The van der Waals surface area contributed by atoms with Gasteiger partial charge in [0.1, 0.15) is 11.4 Å². The standard InChI is InChI=1S/C22H20ClF6N5O2/c23-17-18(13-5-6-13)34(32-19(17)22(27,28)29)9-2-8-30-20(35)16-7-10-33(31-16)12-36-15-4-1-3-14(11-15)21(24,25)26/h1,3-4,7,10-11,13H,2,5-6,8-9,12H2,(H,30,35). The van der Waals surface area contributed by atoms with Crippen LogP contribution in [0.3, 0.4) is 0 Å². The Labute approximate surface area is 206 Å². The van der Waals surface area contributed by atoms with Crippen LogP contribution in [0.15, 0.2) is 36.5 Å². The van der Waals surface area contributed by atoms with Crippen molar-refractivity contribution in [3.05, 3.63) is 64.2 Å². The quantitative estimate of drug-likeness (QED) is 0.290. The van der Waals surface area contributed by atoms with Gasteiger partial charge in [0.2, 0.25) is 0 Å². The molecule has 1 fully saturated rings. The van der Waals surface area contributed by atoms with Crippen LogP contribution in [0.4, 0.5) is 26.3 Å². The van der Waals surface area contributed by atoms with Crippen LogP contribution in [-0.4, -0.2) is 32.0 Å². The maximum absolute atomic E-state index is 13.1. The first-order valence-corrected chi connectivity index (χ1v) is 11.3. The van der Waals surface area contributed by atoms with E-state index in [4.69, 9.17) is 16.3 Å². The highest BCUT2D eigenvalue weighted by Crippen LogP contribution is 2.46. The zero-order chi connectivity index (χ0) is 26.1. The summed E-state index contributed by atoms with van der Waals surface area (Å²) in [4.78, 5) is 12.3. The number of halogens is 7. The summed E-state index contributed by atoms with van der Waals surface area (Å²) in [6.07, 6.45) is -5.92. The summed E-state index contributed by atoms with van der Waals surface area (Å²) in [6, 6.07) is 5.77. The first-order valence-electron chi connectivity index (χ1n) is 10.9. The van der Waals surface area contributed by atoms with E-state index < -0.39 is 29.5 Å². The van der Waals surface area contributed by atoms with E-state index in [9.17, 15) is 31.1 Å². The fourth-order valence-electron chi connectivity index (χ4n) is 3.53. The molecule has 0 saturated heterocycles. The molecular formula is C22H20ClF6N5O2. The highest BCUT2D eigenvalue weighted by atomic mass is 35.5. The summed E-state index contributed by atoms with van der Waals surface area (Å²) >= 11 is 5.94. The molecular weight excluding hydrogens is 516 g/mol. The fourth-order valence-corrected chi connectivity index (χ4v) is 3.93. The number of nitrogens with zero attached hydrogens (tertiary/aromatic N) is 4. The molecule has 36 heavy (non-hydrogen) atoms. The summed E-state index contributed by atoms with van der Waals surface area (Å²) in [5, 5.41) is 9.91. The molecule has 0 spiro atoms. The number of hydrogen-bond acceptors (Lipinski definition) is 4. The molecule has 1 aliphatic carbocycles. The number of rotatable bonds is 9. The summed E-state index contributed by atoms with van der Waals surface area (Å²) in [7, 11) is 0. The van der Waals surface area contributed by atoms with Gasteiger partial charge in [0.05, 0.1) is 16.3 Å². The molecule has 7 nitrogen and oxygen atoms in total. The first kappa shape index (κ1) is 25.9. The highest BCUT2D eigenvalue weighted by molar-refractivity contribution is 6.32. The number of aromatic nitrogens is 4. The van der Waals surface area contributed by atoms with E-state index in [1.165, 1.54) is 33.8 Å². The molecule has 3 aromatic rings. The summed E-state index contributed by atoms with van der Waals surface area (Å²) in [6.45, 7) is 0.0661. The van der Waals surface area contributed by atoms with E-state index in [-0.39, 0.29) is 42.2 Å². The van der Waals surface area contributed by atoms with Gasteiger partial charge in [-0.05, 0) is 43.5 Å². The number of carbonyl (C=O) groups excluding carboxylic acids is 1. The Morgan fingerprint density at radius 1 is 1.11 bits per heavy atom. The maximum Gasteiger partial charge on any atom is 0.436 e. The lowest BCUT2D eigenvalue weighted by Crippen LogP contribution is -2.26. The molecule has 1 amide bonds. The van der Waals surface area contributed by atoms with E-state index in [0.717, 1.165) is 25.0 Å². The molecule has 0 radical (unpaired) electrons. The van der Waals surface area contributed by atoms with Crippen molar-refractivity contribution in [3.8, 4) is 5.75 Å². The van der Waals surface area contributed by atoms with Crippen LogP contribution >= 0.6 is 11.6 Å². The van der Waals surface area contributed by atoms with Crippen LogP contribution in [0.25, 0.3) is 0 Å². The van der Waals surface area contributed by atoms with Crippen molar-refractivity contribution < 1.29 is 35.9 Å². The van der Waals surface area contributed by atoms with Crippen LogP contribution in [-0.2, 0) is 25.6 Å². The van der Waals surface area contributed by atoms with Gasteiger partial charge in [-0.15, -0.1) is 0 Å². The minimum atomic E-state index is -4.65. The second kappa shape index (κ2) is 10.0. The van der Waals surface area contributed by atoms with Crippen LogP contribution in [0, 0.1) is 0 Å². The number of aryl methyl sites for hydroxylation is 1. The van der Waals surface area contributed by atoms with Gasteiger partial charge in [0.25, 0.3) is 5.91 Å². The van der Waals surface area contributed by atoms with Crippen LogP contribution in [0.1, 0.15) is 52.6 Å². The third-order valence-corrected chi connectivity index (χ3v) is 5.77. The van der Waals surface area contributed by atoms with E-state index in [1.807, 2.05) is 0 Å². The largest absolute Gasteiger partial charge is 0.471 e. The number of carbonyl (C=O) groups is 1. The Morgan fingerprint density at radius 3 is 2.53 bits per heavy atom. The molecule has 14 heteroatoms. The molecule has 4 rings (SSSR count). The fraction of sp³-hybridized carbons (Fsp3) is 0.409. The van der Waals surface area contributed by atoms with Crippen molar-refractivity contribution in [1.82, 2.24) is 24.9 Å². The molecule has 0 aliphatic heterocycles. The molecule has 0 atom stereocenters. The van der Waals surface area contributed by atoms with Crippen molar-refractivity contribution >= 4 is 17.5 Å². The van der Waals surface area contributed by atoms with E-state index in [2.05, 4.69) is 15.5 Å². The van der Waals surface area contributed by atoms with Gasteiger partial charge in [0, 0.05) is 25.2 Å². The second-order valence-corrected chi connectivity index (χ2v) is 8.57. The van der Waals surface area contributed by atoms with Gasteiger partial charge in [-0.25, -0.2) is 4.68 Å². The smallest absolute Gasteiger partial charge is 0.436 e. The van der Waals surface area contributed by atoms with Crippen molar-refractivity contribution in [3.63, 3.8) is 0 Å². The van der Waals surface area contributed by atoms with Gasteiger partial charge in [-0.2, -0.15) is 36.5 Å².